The van der Waals surface area contributed by atoms with E-state index in [9.17, 15) is 14.0 Å². The van der Waals surface area contributed by atoms with Gasteiger partial charge in [0.2, 0.25) is 5.91 Å². The highest BCUT2D eigenvalue weighted by Crippen LogP contribution is 2.10. The molecular formula is C12H14FNO4. The van der Waals surface area contributed by atoms with Crippen LogP contribution in [0.3, 0.4) is 0 Å². The van der Waals surface area contributed by atoms with Crippen LogP contribution in [0, 0.1) is 11.7 Å². The van der Waals surface area contributed by atoms with E-state index < -0.39 is 17.8 Å². The molecule has 6 heteroatoms. The van der Waals surface area contributed by atoms with Gasteiger partial charge in [0.25, 0.3) is 0 Å². The van der Waals surface area contributed by atoms with Gasteiger partial charge in [0.05, 0.1) is 6.54 Å². The summed E-state index contributed by atoms with van der Waals surface area (Å²) in [6.07, 6.45) is 0. The van der Waals surface area contributed by atoms with Crippen molar-refractivity contribution in [1.29, 1.82) is 0 Å². The van der Waals surface area contributed by atoms with Crippen molar-refractivity contribution in [2.75, 3.05) is 13.2 Å². The standard InChI is InChI=1S/C12H14FNO4/c1-8(12(16)17)11(15)14-6-7-18-10-4-2-9(13)3-5-10/h2-5,8H,6-7H2,1H3,(H,14,15)(H,16,17). The summed E-state index contributed by atoms with van der Waals surface area (Å²) in [6, 6.07) is 5.47. The highest BCUT2D eigenvalue weighted by Gasteiger charge is 2.19. The number of hydrogen-bond acceptors (Lipinski definition) is 3. The minimum Gasteiger partial charge on any atom is -0.492 e. The summed E-state index contributed by atoms with van der Waals surface area (Å²) < 4.78 is 17.8. The number of carbonyl (C=O) groups is 2. The number of rotatable bonds is 6. The van der Waals surface area contributed by atoms with Crippen molar-refractivity contribution >= 4 is 11.9 Å². The van der Waals surface area contributed by atoms with E-state index >= 15 is 0 Å². The maximum Gasteiger partial charge on any atom is 0.315 e. The van der Waals surface area contributed by atoms with Crippen LogP contribution in [0.5, 0.6) is 5.75 Å². The number of aliphatic carboxylic acids is 1. The molecule has 1 unspecified atom stereocenters. The minimum absolute atomic E-state index is 0.184. The lowest BCUT2D eigenvalue weighted by Crippen LogP contribution is -2.35. The lowest BCUT2D eigenvalue weighted by molar-refractivity contribution is -0.146. The highest BCUT2D eigenvalue weighted by atomic mass is 19.1. The topological polar surface area (TPSA) is 75.6 Å². The zero-order valence-electron chi connectivity index (χ0n) is 9.85. The molecule has 1 rings (SSSR count). The van der Waals surface area contributed by atoms with Crippen LogP contribution in [0.2, 0.25) is 0 Å². The summed E-state index contributed by atoms with van der Waals surface area (Å²) in [5, 5.41) is 11.0. The number of carboxylic acid groups (broad SMARTS) is 1. The molecule has 1 amide bonds. The zero-order valence-corrected chi connectivity index (χ0v) is 9.85. The van der Waals surface area contributed by atoms with E-state index in [1.54, 1.807) is 0 Å². The van der Waals surface area contributed by atoms with Gasteiger partial charge < -0.3 is 15.2 Å². The van der Waals surface area contributed by atoms with E-state index in [-0.39, 0.29) is 19.0 Å². The van der Waals surface area contributed by atoms with E-state index in [1.807, 2.05) is 0 Å². The van der Waals surface area contributed by atoms with E-state index in [4.69, 9.17) is 9.84 Å². The molecule has 0 heterocycles. The Balaban J connectivity index is 2.25. The summed E-state index contributed by atoms with van der Waals surface area (Å²) in [5.74, 6) is -2.70. The van der Waals surface area contributed by atoms with Gasteiger partial charge in [-0.25, -0.2) is 4.39 Å². The molecule has 0 aromatic heterocycles. The molecule has 0 radical (unpaired) electrons. The Kier molecular flexibility index (Phi) is 5.10. The van der Waals surface area contributed by atoms with Gasteiger partial charge >= 0.3 is 5.97 Å². The molecule has 1 aromatic carbocycles. The van der Waals surface area contributed by atoms with Gasteiger partial charge in [0.1, 0.15) is 24.1 Å². The third-order valence-electron chi connectivity index (χ3n) is 2.25. The molecule has 0 saturated heterocycles. The van der Waals surface area contributed by atoms with Crippen molar-refractivity contribution in [3.05, 3.63) is 30.1 Å². The summed E-state index contributed by atoms with van der Waals surface area (Å²) in [7, 11) is 0. The number of benzene rings is 1. The van der Waals surface area contributed by atoms with Crippen molar-refractivity contribution in [1.82, 2.24) is 5.32 Å². The first-order valence-electron chi connectivity index (χ1n) is 5.39. The molecule has 5 nitrogen and oxygen atoms in total. The smallest absolute Gasteiger partial charge is 0.315 e. The van der Waals surface area contributed by atoms with Crippen molar-refractivity contribution < 1.29 is 23.8 Å². The SMILES string of the molecule is CC(C(=O)O)C(=O)NCCOc1ccc(F)cc1. The second-order valence-corrected chi connectivity index (χ2v) is 3.65. The number of ether oxygens (including phenoxy) is 1. The van der Waals surface area contributed by atoms with Crippen LogP contribution < -0.4 is 10.1 Å². The first-order valence-corrected chi connectivity index (χ1v) is 5.39. The maximum absolute atomic E-state index is 12.6. The Hall–Kier alpha value is -2.11. The summed E-state index contributed by atoms with van der Waals surface area (Å²) in [6.45, 7) is 1.68. The fraction of sp³-hybridized carbons (Fsp3) is 0.333. The Morgan fingerprint density at radius 2 is 2.00 bits per heavy atom. The largest absolute Gasteiger partial charge is 0.492 e. The molecule has 98 valence electrons. The van der Waals surface area contributed by atoms with Gasteiger partial charge in [-0.15, -0.1) is 0 Å². The molecule has 0 aliphatic heterocycles. The number of hydrogen-bond donors (Lipinski definition) is 2. The first kappa shape index (κ1) is 14.0. The van der Waals surface area contributed by atoms with Gasteiger partial charge in [0.15, 0.2) is 0 Å². The van der Waals surface area contributed by atoms with Crippen LogP contribution >= 0.6 is 0 Å². The van der Waals surface area contributed by atoms with Gasteiger partial charge in [0, 0.05) is 0 Å². The Bertz CT molecular complexity index is 419. The maximum atomic E-state index is 12.6. The van der Waals surface area contributed by atoms with Gasteiger partial charge in [-0.2, -0.15) is 0 Å². The number of halogens is 1. The molecule has 1 atom stereocenters. The molecule has 0 bridgehead atoms. The molecule has 0 aliphatic rings. The van der Waals surface area contributed by atoms with Crippen LogP contribution in [0.1, 0.15) is 6.92 Å². The van der Waals surface area contributed by atoms with E-state index in [0.717, 1.165) is 0 Å². The van der Waals surface area contributed by atoms with Gasteiger partial charge in [-0.1, -0.05) is 0 Å². The average molecular weight is 255 g/mol. The minimum atomic E-state index is -1.17. The fourth-order valence-electron chi connectivity index (χ4n) is 1.14. The number of amides is 1. The Labute approximate surface area is 104 Å². The number of carbonyl (C=O) groups excluding carboxylic acids is 1. The third-order valence-corrected chi connectivity index (χ3v) is 2.25. The summed E-state index contributed by atoms with van der Waals surface area (Å²) in [5.41, 5.74) is 0. The van der Waals surface area contributed by atoms with Crippen LogP contribution in [-0.2, 0) is 9.59 Å². The van der Waals surface area contributed by atoms with Gasteiger partial charge in [-0.05, 0) is 31.2 Å². The lowest BCUT2D eigenvalue weighted by atomic mass is 10.2. The van der Waals surface area contributed by atoms with Crippen LogP contribution in [0.25, 0.3) is 0 Å². The molecule has 18 heavy (non-hydrogen) atoms. The quantitative estimate of drug-likeness (QED) is 0.588. The lowest BCUT2D eigenvalue weighted by Gasteiger charge is -2.09. The Morgan fingerprint density at radius 3 is 2.56 bits per heavy atom. The second-order valence-electron chi connectivity index (χ2n) is 3.65. The van der Waals surface area contributed by atoms with E-state index in [2.05, 4.69) is 5.32 Å². The fourth-order valence-corrected chi connectivity index (χ4v) is 1.14. The third kappa shape index (κ3) is 4.40. The monoisotopic (exact) mass is 255 g/mol. The van der Waals surface area contributed by atoms with Gasteiger partial charge in [-0.3, -0.25) is 9.59 Å². The molecule has 1 aromatic rings. The first-order chi connectivity index (χ1) is 8.50. The molecule has 2 N–H and O–H groups in total. The van der Waals surface area contributed by atoms with Crippen LogP contribution in [0.4, 0.5) is 4.39 Å². The highest BCUT2D eigenvalue weighted by molar-refractivity contribution is 5.96. The zero-order chi connectivity index (χ0) is 13.5. The predicted octanol–water partition coefficient (Wildman–Crippen LogP) is 1.04. The normalized spacial score (nSPS) is 11.7. The summed E-state index contributed by atoms with van der Waals surface area (Å²) >= 11 is 0. The van der Waals surface area contributed by atoms with E-state index in [0.29, 0.717) is 5.75 Å². The van der Waals surface area contributed by atoms with Crippen molar-refractivity contribution in [2.24, 2.45) is 5.92 Å². The van der Waals surface area contributed by atoms with Crippen LogP contribution in [-0.4, -0.2) is 30.1 Å². The van der Waals surface area contributed by atoms with Crippen molar-refractivity contribution in [3.63, 3.8) is 0 Å². The molecule has 0 saturated carbocycles. The molecular weight excluding hydrogens is 241 g/mol. The predicted molar refractivity (Wildman–Crippen MR) is 61.7 cm³/mol. The summed E-state index contributed by atoms with van der Waals surface area (Å²) in [4.78, 5) is 21.7. The average Bonchev–Trinajstić information content (AvgIpc) is 2.35. The van der Waals surface area contributed by atoms with Crippen molar-refractivity contribution in [2.45, 2.75) is 6.92 Å². The Morgan fingerprint density at radius 1 is 1.39 bits per heavy atom. The van der Waals surface area contributed by atoms with Crippen LogP contribution in [0.15, 0.2) is 24.3 Å². The number of carboxylic acids is 1. The number of nitrogens with one attached hydrogen (secondary N) is 1. The van der Waals surface area contributed by atoms with E-state index in [1.165, 1.54) is 31.2 Å². The molecule has 0 spiro atoms. The van der Waals surface area contributed by atoms with Crippen molar-refractivity contribution in [3.8, 4) is 5.75 Å². The second kappa shape index (κ2) is 6.58. The molecule has 0 aliphatic carbocycles. The molecule has 0 fully saturated rings.